The van der Waals surface area contributed by atoms with Gasteiger partial charge >= 0.3 is 5.97 Å². The predicted octanol–water partition coefficient (Wildman–Crippen LogP) is -0.518. The standard InChI is InChI=1S/C8H13N3O4S/c1-6-7(5-9-11(6)2)16(14,15)10-4-3-8(12)13/h5,10H,3-4H2,1-2H3,(H,12,13). The zero-order valence-corrected chi connectivity index (χ0v) is 9.78. The summed E-state index contributed by atoms with van der Waals surface area (Å²) in [6.45, 7) is 1.49. The topological polar surface area (TPSA) is 101 Å². The molecule has 1 aromatic rings. The second kappa shape index (κ2) is 4.62. The van der Waals surface area contributed by atoms with Gasteiger partial charge in [-0.3, -0.25) is 9.48 Å². The number of carbonyl (C=O) groups is 1. The molecule has 2 N–H and O–H groups in total. The maximum absolute atomic E-state index is 11.7. The highest BCUT2D eigenvalue weighted by Gasteiger charge is 2.19. The van der Waals surface area contributed by atoms with Gasteiger partial charge in [0.1, 0.15) is 4.90 Å². The molecule has 90 valence electrons. The van der Waals surface area contributed by atoms with Gasteiger partial charge < -0.3 is 5.11 Å². The molecule has 0 aromatic carbocycles. The lowest BCUT2D eigenvalue weighted by Gasteiger charge is -2.04. The summed E-state index contributed by atoms with van der Waals surface area (Å²) in [5, 5.41) is 12.2. The Balaban J connectivity index is 2.79. The molecule has 0 saturated carbocycles. The molecule has 0 aliphatic rings. The third-order valence-electron chi connectivity index (χ3n) is 2.11. The van der Waals surface area contributed by atoms with Crippen molar-refractivity contribution in [2.24, 2.45) is 7.05 Å². The lowest BCUT2D eigenvalue weighted by Crippen LogP contribution is -2.26. The van der Waals surface area contributed by atoms with E-state index in [2.05, 4.69) is 9.82 Å². The first-order chi connectivity index (χ1) is 7.34. The van der Waals surface area contributed by atoms with Crippen LogP contribution in [0, 0.1) is 6.92 Å². The van der Waals surface area contributed by atoms with Gasteiger partial charge in [0.15, 0.2) is 0 Å². The number of aliphatic carboxylic acids is 1. The number of carboxylic acids is 1. The van der Waals surface area contributed by atoms with Crippen LogP contribution in [0.25, 0.3) is 0 Å². The molecular formula is C8H13N3O4S. The van der Waals surface area contributed by atoms with Gasteiger partial charge in [-0.25, -0.2) is 13.1 Å². The van der Waals surface area contributed by atoms with Crippen molar-refractivity contribution < 1.29 is 18.3 Å². The highest BCUT2D eigenvalue weighted by molar-refractivity contribution is 7.89. The highest BCUT2D eigenvalue weighted by Crippen LogP contribution is 2.12. The number of nitrogens with one attached hydrogen (secondary N) is 1. The molecule has 7 nitrogen and oxygen atoms in total. The number of rotatable bonds is 5. The van der Waals surface area contributed by atoms with E-state index in [0.29, 0.717) is 5.69 Å². The fourth-order valence-electron chi connectivity index (χ4n) is 1.11. The van der Waals surface area contributed by atoms with E-state index in [9.17, 15) is 13.2 Å². The lowest BCUT2D eigenvalue weighted by atomic mass is 10.5. The number of sulfonamides is 1. The van der Waals surface area contributed by atoms with Crippen molar-refractivity contribution in [3.8, 4) is 0 Å². The minimum Gasteiger partial charge on any atom is -0.481 e. The third kappa shape index (κ3) is 2.80. The van der Waals surface area contributed by atoms with E-state index in [-0.39, 0.29) is 17.9 Å². The molecule has 1 heterocycles. The van der Waals surface area contributed by atoms with Crippen LogP contribution in [0.2, 0.25) is 0 Å². The van der Waals surface area contributed by atoms with E-state index >= 15 is 0 Å². The van der Waals surface area contributed by atoms with Crippen molar-refractivity contribution in [1.82, 2.24) is 14.5 Å². The summed E-state index contributed by atoms with van der Waals surface area (Å²) in [7, 11) is -2.03. The number of hydrogen-bond acceptors (Lipinski definition) is 4. The quantitative estimate of drug-likeness (QED) is 0.729. The van der Waals surface area contributed by atoms with Gasteiger partial charge in [0.2, 0.25) is 10.0 Å². The van der Waals surface area contributed by atoms with Gasteiger partial charge in [0.25, 0.3) is 0 Å². The van der Waals surface area contributed by atoms with E-state index in [1.54, 1.807) is 14.0 Å². The minimum absolute atomic E-state index is 0.0698. The summed E-state index contributed by atoms with van der Waals surface area (Å²) in [4.78, 5) is 10.3. The zero-order chi connectivity index (χ0) is 12.3. The molecule has 0 aliphatic heterocycles. The molecule has 16 heavy (non-hydrogen) atoms. The Hall–Kier alpha value is -1.41. The van der Waals surface area contributed by atoms with Gasteiger partial charge in [-0.15, -0.1) is 0 Å². The molecule has 0 radical (unpaired) electrons. The fourth-order valence-corrected chi connectivity index (χ4v) is 2.35. The summed E-state index contributed by atoms with van der Waals surface area (Å²) < 4.78 is 27.0. The van der Waals surface area contributed by atoms with E-state index in [1.807, 2.05) is 0 Å². The summed E-state index contributed by atoms with van der Waals surface area (Å²) in [6.07, 6.45) is 0.983. The fraction of sp³-hybridized carbons (Fsp3) is 0.500. The predicted molar refractivity (Wildman–Crippen MR) is 55.4 cm³/mol. The van der Waals surface area contributed by atoms with Crippen molar-refractivity contribution in [2.45, 2.75) is 18.2 Å². The smallest absolute Gasteiger partial charge is 0.304 e. The molecule has 0 spiro atoms. The lowest BCUT2D eigenvalue weighted by molar-refractivity contribution is -0.136. The maximum atomic E-state index is 11.7. The summed E-state index contributed by atoms with van der Waals surface area (Å²) >= 11 is 0. The van der Waals surface area contributed by atoms with Crippen LogP contribution < -0.4 is 4.72 Å². The molecular weight excluding hydrogens is 234 g/mol. The van der Waals surface area contributed by atoms with Crippen LogP contribution in [0.3, 0.4) is 0 Å². The van der Waals surface area contributed by atoms with Crippen molar-refractivity contribution in [2.75, 3.05) is 6.54 Å². The first-order valence-corrected chi connectivity index (χ1v) is 6.03. The maximum Gasteiger partial charge on any atom is 0.304 e. The largest absolute Gasteiger partial charge is 0.481 e. The van der Waals surface area contributed by atoms with Gasteiger partial charge in [0.05, 0.1) is 18.3 Å². The normalized spacial score (nSPS) is 11.6. The summed E-state index contributed by atoms with van der Waals surface area (Å²) in [5.41, 5.74) is 0.503. The number of aromatic nitrogens is 2. The molecule has 0 aliphatic carbocycles. The van der Waals surface area contributed by atoms with Gasteiger partial charge in [-0.2, -0.15) is 5.10 Å². The van der Waals surface area contributed by atoms with Crippen LogP contribution in [0.5, 0.6) is 0 Å². The summed E-state index contributed by atoms with van der Waals surface area (Å²) in [6, 6.07) is 0. The molecule has 0 fully saturated rings. The van der Waals surface area contributed by atoms with Crippen LogP contribution in [0.1, 0.15) is 12.1 Å². The van der Waals surface area contributed by atoms with Gasteiger partial charge in [-0.05, 0) is 6.92 Å². The monoisotopic (exact) mass is 247 g/mol. The van der Waals surface area contributed by atoms with Gasteiger partial charge in [-0.1, -0.05) is 0 Å². The Morgan fingerprint density at radius 3 is 2.69 bits per heavy atom. The number of nitrogens with zero attached hydrogens (tertiary/aromatic N) is 2. The number of hydrogen-bond donors (Lipinski definition) is 2. The zero-order valence-electron chi connectivity index (χ0n) is 8.97. The van der Waals surface area contributed by atoms with Crippen molar-refractivity contribution >= 4 is 16.0 Å². The van der Waals surface area contributed by atoms with Crippen LogP contribution in [0.15, 0.2) is 11.1 Å². The molecule has 0 saturated heterocycles. The van der Waals surface area contributed by atoms with E-state index in [0.717, 1.165) is 0 Å². The molecule has 0 unspecified atom stereocenters. The highest BCUT2D eigenvalue weighted by atomic mass is 32.2. The average Bonchev–Trinajstić information content (AvgIpc) is 2.47. The Labute approximate surface area is 93.1 Å². The third-order valence-corrected chi connectivity index (χ3v) is 3.67. The van der Waals surface area contributed by atoms with Gasteiger partial charge in [0, 0.05) is 13.6 Å². The Kier molecular flexibility index (Phi) is 3.66. The van der Waals surface area contributed by atoms with E-state index < -0.39 is 16.0 Å². The van der Waals surface area contributed by atoms with Crippen molar-refractivity contribution in [3.05, 3.63) is 11.9 Å². The SMILES string of the molecule is Cc1c(S(=O)(=O)NCCC(=O)O)cnn1C. The Bertz CT molecular complexity index is 491. The van der Waals surface area contributed by atoms with Crippen molar-refractivity contribution in [1.29, 1.82) is 0 Å². The number of carboxylic acid groups (broad SMARTS) is 1. The van der Waals surface area contributed by atoms with Crippen LogP contribution in [0.4, 0.5) is 0 Å². The van der Waals surface area contributed by atoms with E-state index in [1.165, 1.54) is 10.9 Å². The summed E-state index contributed by atoms with van der Waals surface area (Å²) in [5.74, 6) is -1.05. The average molecular weight is 247 g/mol. The molecule has 0 bridgehead atoms. The molecule has 1 rings (SSSR count). The van der Waals surface area contributed by atoms with Crippen molar-refractivity contribution in [3.63, 3.8) is 0 Å². The molecule has 1 aromatic heterocycles. The molecule has 0 amide bonds. The first kappa shape index (κ1) is 12.7. The van der Waals surface area contributed by atoms with E-state index in [4.69, 9.17) is 5.11 Å². The van der Waals surface area contributed by atoms with Crippen LogP contribution in [-0.2, 0) is 21.9 Å². The first-order valence-electron chi connectivity index (χ1n) is 4.54. The minimum atomic E-state index is -3.66. The Morgan fingerprint density at radius 2 is 2.25 bits per heavy atom. The van der Waals surface area contributed by atoms with Crippen LogP contribution >= 0.6 is 0 Å². The number of aryl methyl sites for hydroxylation is 1. The molecule has 0 atom stereocenters. The second-order valence-corrected chi connectivity index (χ2v) is 4.99. The molecule has 8 heteroatoms. The van der Waals surface area contributed by atoms with Crippen LogP contribution in [-0.4, -0.2) is 35.8 Å². The Morgan fingerprint density at radius 1 is 1.62 bits per heavy atom. The second-order valence-electron chi connectivity index (χ2n) is 3.26.